The molecule has 1 N–H and O–H groups in total. The summed E-state index contributed by atoms with van der Waals surface area (Å²) in [7, 11) is 0. The Morgan fingerprint density at radius 3 is 2.43 bits per heavy atom. The Hall–Kier alpha value is 0.0500. The number of hydrogen-bond acceptors (Lipinski definition) is 2. The van der Waals surface area contributed by atoms with Crippen LogP contribution < -0.4 is 5.32 Å². The summed E-state index contributed by atoms with van der Waals surface area (Å²) in [6.07, 6.45) is 6.98. The van der Waals surface area contributed by atoms with E-state index >= 15 is 0 Å². The van der Waals surface area contributed by atoms with Crippen molar-refractivity contribution in [2.24, 2.45) is 0 Å². The third-order valence-electron chi connectivity index (χ3n) is 2.29. The van der Waals surface area contributed by atoms with Crippen LogP contribution in [0.4, 0.5) is 0 Å². The molecule has 0 fully saturated rings. The molecule has 0 heterocycles. The summed E-state index contributed by atoms with van der Waals surface area (Å²) in [4.78, 5) is 0. The first-order valence-corrected chi connectivity index (χ1v) is 6.51. The van der Waals surface area contributed by atoms with E-state index in [0.29, 0.717) is 16.8 Å². The van der Waals surface area contributed by atoms with E-state index in [1.807, 2.05) is 11.8 Å². The molecule has 1 atom stereocenters. The second kappa shape index (κ2) is 5.22. The number of nitrogens with one attached hydrogen (secondary N) is 1. The predicted octanol–water partition coefficient (Wildman–Crippen LogP) is 3.21. The molecule has 0 bridgehead atoms. The standard InChI is InChI=1S/C12H23NS/c1-10(9-14-12(2,3)4)13-11-7-5-6-8-11/h5-6,10-11,13H,7-9H2,1-4H3. The number of rotatable bonds is 4. The molecule has 0 radical (unpaired) electrons. The average Bonchev–Trinajstić information content (AvgIpc) is 2.52. The van der Waals surface area contributed by atoms with E-state index in [1.165, 1.54) is 18.6 Å². The average molecular weight is 213 g/mol. The van der Waals surface area contributed by atoms with Gasteiger partial charge in [-0.25, -0.2) is 0 Å². The molecule has 0 amide bonds. The first-order chi connectivity index (χ1) is 6.47. The van der Waals surface area contributed by atoms with E-state index in [1.54, 1.807) is 0 Å². The molecule has 82 valence electrons. The van der Waals surface area contributed by atoms with Gasteiger partial charge < -0.3 is 5.32 Å². The van der Waals surface area contributed by atoms with E-state index in [2.05, 4.69) is 45.2 Å². The molecule has 0 aromatic carbocycles. The highest BCUT2D eigenvalue weighted by molar-refractivity contribution is 8.00. The monoisotopic (exact) mass is 213 g/mol. The van der Waals surface area contributed by atoms with Gasteiger partial charge in [0, 0.05) is 22.6 Å². The highest BCUT2D eigenvalue weighted by Crippen LogP contribution is 2.24. The van der Waals surface area contributed by atoms with Crippen LogP contribution in [0.15, 0.2) is 12.2 Å². The third-order valence-corrected chi connectivity index (χ3v) is 3.83. The van der Waals surface area contributed by atoms with Gasteiger partial charge in [0.15, 0.2) is 0 Å². The molecule has 0 spiro atoms. The molecule has 2 heteroatoms. The van der Waals surface area contributed by atoms with Crippen molar-refractivity contribution >= 4 is 11.8 Å². The molecule has 14 heavy (non-hydrogen) atoms. The van der Waals surface area contributed by atoms with Crippen LogP contribution >= 0.6 is 11.8 Å². The first-order valence-electron chi connectivity index (χ1n) is 5.52. The van der Waals surface area contributed by atoms with Gasteiger partial charge >= 0.3 is 0 Å². The van der Waals surface area contributed by atoms with Gasteiger partial charge in [0.1, 0.15) is 0 Å². The maximum atomic E-state index is 3.67. The van der Waals surface area contributed by atoms with Gasteiger partial charge in [-0.1, -0.05) is 32.9 Å². The second-order valence-electron chi connectivity index (χ2n) is 5.13. The number of thioether (sulfide) groups is 1. The SMILES string of the molecule is CC(CSC(C)(C)C)NC1CC=CC1. The largest absolute Gasteiger partial charge is 0.310 e. The summed E-state index contributed by atoms with van der Waals surface area (Å²) in [5.41, 5.74) is 0. The molecule has 1 aliphatic rings. The fourth-order valence-electron chi connectivity index (χ4n) is 1.58. The Labute approximate surface area is 92.7 Å². The number of hydrogen-bond donors (Lipinski definition) is 1. The smallest absolute Gasteiger partial charge is 0.0139 e. The quantitative estimate of drug-likeness (QED) is 0.720. The van der Waals surface area contributed by atoms with Crippen molar-refractivity contribution in [1.82, 2.24) is 5.32 Å². The molecule has 1 aliphatic carbocycles. The van der Waals surface area contributed by atoms with Crippen LogP contribution in [-0.4, -0.2) is 22.6 Å². The summed E-state index contributed by atoms with van der Waals surface area (Å²) in [5.74, 6) is 1.21. The Morgan fingerprint density at radius 2 is 1.93 bits per heavy atom. The van der Waals surface area contributed by atoms with Crippen molar-refractivity contribution in [3.8, 4) is 0 Å². The summed E-state index contributed by atoms with van der Waals surface area (Å²) >= 11 is 2.04. The molecular formula is C12H23NS. The van der Waals surface area contributed by atoms with E-state index in [9.17, 15) is 0 Å². The maximum absolute atomic E-state index is 3.67. The van der Waals surface area contributed by atoms with E-state index in [0.717, 1.165) is 0 Å². The van der Waals surface area contributed by atoms with Crippen LogP contribution in [0.2, 0.25) is 0 Å². The lowest BCUT2D eigenvalue weighted by atomic mass is 10.2. The van der Waals surface area contributed by atoms with Crippen molar-refractivity contribution in [3.05, 3.63) is 12.2 Å². The maximum Gasteiger partial charge on any atom is 0.0139 e. The minimum atomic E-state index is 0.393. The van der Waals surface area contributed by atoms with Crippen LogP contribution in [0.1, 0.15) is 40.5 Å². The Balaban J connectivity index is 2.12. The van der Waals surface area contributed by atoms with Crippen molar-refractivity contribution in [1.29, 1.82) is 0 Å². The van der Waals surface area contributed by atoms with Crippen LogP contribution in [-0.2, 0) is 0 Å². The van der Waals surface area contributed by atoms with E-state index in [4.69, 9.17) is 0 Å². The second-order valence-corrected chi connectivity index (χ2v) is 6.98. The van der Waals surface area contributed by atoms with Gasteiger partial charge in [0.2, 0.25) is 0 Å². The van der Waals surface area contributed by atoms with Crippen molar-refractivity contribution in [3.63, 3.8) is 0 Å². The topological polar surface area (TPSA) is 12.0 Å². The molecule has 0 aromatic rings. The first kappa shape index (κ1) is 12.1. The third kappa shape index (κ3) is 5.06. The summed E-state index contributed by atoms with van der Waals surface area (Å²) in [6.45, 7) is 9.13. The lowest BCUT2D eigenvalue weighted by molar-refractivity contribution is 0.485. The minimum Gasteiger partial charge on any atom is -0.310 e. The molecule has 1 nitrogen and oxygen atoms in total. The lowest BCUT2D eigenvalue weighted by Gasteiger charge is -2.23. The van der Waals surface area contributed by atoms with Crippen LogP contribution in [0.25, 0.3) is 0 Å². The molecule has 0 aliphatic heterocycles. The van der Waals surface area contributed by atoms with Gasteiger partial charge in [-0.15, -0.1) is 0 Å². The van der Waals surface area contributed by atoms with Crippen LogP contribution in [0, 0.1) is 0 Å². The minimum absolute atomic E-state index is 0.393. The fourth-order valence-corrected chi connectivity index (χ4v) is 2.42. The van der Waals surface area contributed by atoms with Gasteiger partial charge in [-0.05, 0) is 19.8 Å². The van der Waals surface area contributed by atoms with E-state index < -0.39 is 0 Å². The highest BCUT2D eigenvalue weighted by atomic mass is 32.2. The van der Waals surface area contributed by atoms with Gasteiger partial charge in [0.05, 0.1) is 0 Å². The van der Waals surface area contributed by atoms with Crippen LogP contribution in [0.3, 0.4) is 0 Å². The normalized spacial score (nSPS) is 20.3. The molecular weight excluding hydrogens is 190 g/mol. The zero-order chi connectivity index (χ0) is 10.6. The Morgan fingerprint density at radius 1 is 1.36 bits per heavy atom. The Bertz CT molecular complexity index is 185. The van der Waals surface area contributed by atoms with Gasteiger partial charge in [0.25, 0.3) is 0 Å². The molecule has 0 saturated heterocycles. The molecule has 1 rings (SSSR count). The van der Waals surface area contributed by atoms with Crippen molar-refractivity contribution < 1.29 is 0 Å². The van der Waals surface area contributed by atoms with Gasteiger partial charge in [-0.3, -0.25) is 0 Å². The molecule has 0 aromatic heterocycles. The van der Waals surface area contributed by atoms with Gasteiger partial charge in [-0.2, -0.15) is 11.8 Å². The summed E-state index contributed by atoms with van der Waals surface area (Å²) in [5, 5.41) is 3.67. The Kier molecular flexibility index (Phi) is 4.52. The fraction of sp³-hybridized carbons (Fsp3) is 0.833. The molecule has 1 unspecified atom stereocenters. The highest BCUT2D eigenvalue weighted by Gasteiger charge is 2.16. The van der Waals surface area contributed by atoms with Crippen LogP contribution in [0.5, 0.6) is 0 Å². The summed E-state index contributed by atoms with van der Waals surface area (Å²) in [6, 6.07) is 1.33. The molecule has 0 saturated carbocycles. The van der Waals surface area contributed by atoms with E-state index in [-0.39, 0.29) is 0 Å². The van der Waals surface area contributed by atoms with Crippen molar-refractivity contribution in [2.75, 3.05) is 5.75 Å². The lowest BCUT2D eigenvalue weighted by Crippen LogP contribution is -2.37. The zero-order valence-corrected chi connectivity index (χ0v) is 10.7. The zero-order valence-electron chi connectivity index (χ0n) is 9.84. The van der Waals surface area contributed by atoms with Crippen molar-refractivity contribution in [2.45, 2.75) is 57.4 Å². The summed E-state index contributed by atoms with van der Waals surface area (Å²) < 4.78 is 0.393. The predicted molar refractivity (Wildman–Crippen MR) is 67.0 cm³/mol.